The van der Waals surface area contributed by atoms with Crippen molar-refractivity contribution in [2.24, 2.45) is 5.73 Å². The number of nitrogens with zero attached hydrogens (tertiary/aromatic N) is 2. The molecular weight excluding hydrogens is 357 g/mol. The smallest absolute Gasteiger partial charge is 0.231 e. The van der Waals surface area contributed by atoms with Crippen LogP contribution in [-0.4, -0.2) is 30.9 Å². The molecule has 0 bridgehead atoms. The van der Waals surface area contributed by atoms with Gasteiger partial charge in [-0.1, -0.05) is 12.1 Å². The van der Waals surface area contributed by atoms with E-state index in [1.165, 1.54) is 12.1 Å². The number of hydrogen-bond acceptors (Lipinski definition) is 6. The number of rotatable bonds is 5. The highest BCUT2D eigenvalue weighted by molar-refractivity contribution is 7.90. The second-order valence-corrected chi connectivity index (χ2v) is 8.74. The van der Waals surface area contributed by atoms with E-state index in [4.69, 9.17) is 10.3 Å². The van der Waals surface area contributed by atoms with Crippen LogP contribution in [-0.2, 0) is 9.84 Å². The highest BCUT2D eigenvalue weighted by Crippen LogP contribution is 2.32. The van der Waals surface area contributed by atoms with E-state index >= 15 is 0 Å². The summed E-state index contributed by atoms with van der Waals surface area (Å²) in [6.07, 6.45) is 4.66. The van der Waals surface area contributed by atoms with E-state index in [9.17, 15) is 12.8 Å². The van der Waals surface area contributed by atoms with Crippen LogP contribution >= 0.6 is 0 Å². The molecule has 1 aromatic heterocycles. The summed E-state index contributed by atoms with van der Waals surface area (Å²) < 4.78 is 42.8. The molecule has 8 heteroatoms. The minimum Gasteiger partial charge on any atom is -0.339 e. The largest absolute Gasteiger partial charge is 0.339 e. The molecule has 1 aliphatic carbocycles. The van der Waals surface area contributed by atoms with Crippen LogP contribution in [0.5, 0.6) is 0 Å². The van der Waals surface area contributed by atoms with Crippen molar-refractivity contribution in [1.29, 1.82) is 0 Å². The molecule has 2 aromatic rings. The molecular formula is C18H22FN3O3S. The molecule has 1 saturated carbocycles. The lowest BCUT2D eigenvalue weighted by molar-refractivity contribution is 0.338. The van der Waals surface area contributed by atoms with E-state index in [0.29, 0.717) is 11.4 Å². The van der Waals surface area contributed by atoms with Gasteiger partial charge in [-0.05, 0) is 55.5 Å². The molecule has 1 fully saturated rings. The topological polar surface area (TPSA) is 99.1 Å². The third kappa shape index (κ3) is 3.86. The SMILES string of the molecule is CC(c1nc(-c2ccc(S(C)(=O)=O)cc2)no1)[C@H](N)C(F)=C1CCCC1. The maximum atomic E-state index is 14.5. The van der Waals surface area contributed by atoms with Crippen LogP contribution in [0.15, 0.2) is 45.1 Å². The lowest BCUT2D eigenvalue weighted by atomic mass is 9.98. The Morgan fingerprint density at radius 1 is 1.23 bits per heavy atom. The molecule has 1 aromatic carbocycles. The monoisotopic (exact) mass is 379 g/mol. The molecule has 1 aliphatic rings. The Balaban J connectivity index is 1.80. The number of aromatic nitrogens is 2. The number of allylic oxidation sites excluding steroid dienone is 1. The number of halogens is 1. The third-order valence-corrected chi connectivity index (χ3v) is 5.88. The zero-order valence-electron chi connectivity index (χ0n) is 14.8. The molecule has 1 heterocycles. The Morgan fingerprint density at radius 2 is 1.85 bits per heavy atom. The van der Waals surface area contributed by atoms with Gasteiger partial charge in [0.1, 0.15) is 5.83 Å². The van der Waals surface area contributed by atoms with Gasteiger partial charge in [0.15, 0.2) is 9.84 Å². The molecule has 0 aliphatic heterocycles. The van der Waals surface area contributed by atoms with Crippen LogP contribution in [0.4, 0.5) is 4.39 Å². The van der Waals surface area contributed by atoms with Crippen LogP contribution < -0.4 is 5.73 Å². The fourth-order valence-electron chi connectivity index (χ4n) is 3.04. The van der Waals surface area contributed by atoms with Gasteiger partial charge in [0, 0.05) is 11.8 Å². The lowest BCUT2D eigenvalue weighted by Gasteiger charge is -2.16. The maximum absolute atomic E-state index is 14.5. The number of nitrogens with two attached hydrogens (primary N) is 1. The van der Waals surface area contributed by atoms with Crippen LogP contribution in [0.2, 0.25) is 0 Å². The maximum Gasteiger partial charge on any atom is 0.231 e. The van der Waals surface area contributed by atoms with Crippen molar-refractivity contribution in [1.82, 2.24) is 10.1 Å². The zero-order chi connectivity index (χ0) is 18.9. The fraction of sp³-hybridized carbons (Fsp3) is 0.444. The Kier molecular flexibility index (Phi) is 5.24. The predicted octanol–water partition coefficient (Wildman–Crippen LogP) is 3.37. The van der Waals surface area contributed by atoms with Crippen LogP contribution in [0.1, 0.15) is 44.4 Å². The predicted molar refractivity (Wildman–Crippen MR) is 95.8 cm³/mol. The summed E-state index contributed by atoms with van der Waals surface area (Å²) in [5, 5.41) is 3.91. The van der Waals surface area contributed by atoms with Crippen molar-refractivity contribution in [2.75, 3.05) is 6.26 Å². The lowest BCUT2D eigenvalue weighted by Crippen LogP contribution is -2.28. The van der Waals surface area contributed by atoms with Gasteiger partial charge in [-0.25, -0.2) is 12.8 Å². The molecule has 26 heavy (non-hydrogen) atoms. The van der Waals surface area contributed by atoms with Gasteiger partial charge in [0.25, 0.3) is 0 Å². The zero-order valence-corrected chi connectivity index (χ0v) is 15.6. The van der Waals surface area contributed by atoms with Crippen molar-refractivity contribution >= 4 is 9.84 Å². The van der Waals surface area contributed by atoms with Crippen LogP contribution in [0, 0.1) is 0 Å². The summed E-state index contributed by atoms with van der Waals surface area (Å²) >= 11 is 0. The molecule has 0 saturated heterocycles. The minimum absolute atomic E-state index is 0.214. The van der Waals surface area contributed by atoms with E-state index < -0.39 is 21.8 Å². The standard InChI is InChI=1S/C18H22FN3O3S/c1-11(16(20)15(19)12-5-3-4-6-12)18-21-17(22-25-18)13-7-9-14(10-8-13)26(2,23)24/h7-11,16H,3-6,20H2,1-2H3/t11?,16-/m0/s1. The van der Waals surface area contributed by atoms with Crippen LogP contribution in [0.25, 0.3) is 11.4 Å². The summed E-state index contributed by atoms with van der Waals surface area (Å²) in [6, 6.07) is 5.37. The molecule has 2 N–H and O–H groups in total. The molecule has 0 radical (unpaired) electrons. The average molecular weight is 379 g/mol. The van der Waals surface area contributed by atoms with Crippen LogP contribution in [0.3, 0.4) is 0 Å². The summed E-state index contributed by atoms with van der Waals surface area (Å²) in [5.74, 6) is -0.159. The first-order valence-electron chi connectivity index (χ1n) is 8.54. The molecule has 0 spiro atoms. The van der Waals surface area contributed by atoms with Crippen molar-refractivity contribution in [3.63, 3.8) is 0 Å². The molecule has 0 amide bonds. The number of benzene rings is 1. The van der Waals surface area contributed by atoms with E-state index in [1.54, 1.807) is 19.1 Å². The number of sulfone groups is 1. The molecule has 140 valence electrons. The summed E-state index contributed by atoms with van der Waals surface area (Å²) in [7, 11) is -3.27. The van der Waals surface area contributed by atoms with Crippen molar-refractivity contribution in [3.05, 3.63) is 41.6 Å². The van der Waals surface area contributed by atoms with Gasteiger partial charge in [-0.2, -0.15) is 4.98 Å². The highest BCUT2D eigenvalue weighted by Gasteiger charge is 2.27. The Labute approximate surface area is 152 Å². The number of hydrogen-bond donors (Lipinski definition) is 1. The van der Waals surface area contributed by atoms with Crippen molar-refractivity contribution in [2.45, 2.75) is 49.5 Å². The van der Waals surface area contributed by atoms with Gasteiger partial charge < -0.3 is 10.3 Å². The molecule has 1 unspecified atom stereocenters. The van der Waals surface area contributed by atoms with Gasteiger partial charge >= 0.3 is 0 Å². The van der Waals surface area contributed by atoms with Gasteiger partial charge in [-0.3, -0.25) is 0 Å². The summed E-state index contributed by atoms with van der Waals surface area (Å²) in [6.45, 7) is 1.75. The second kappa shape index (κ2) is 7.28. The average Bonchev–Trinajstić information content (AvgIpc) is 3.31. The second-order valence-electron chi connectivity index (χ2n) is 6.73. The summed E-state index contributed by atoms with van der Waals surface area (Å²) in [5.41, 5.74) is 7.47. The first kappa shape index (κ1) is 18.7. The van der Waals surface area contributed by atoms with Gasteiger partial charge in [0.2, 0.25) is 11.7 Å². The van der Waals surface area contributed by atoms with Gasteiger partial charge in [0.05, 0.1) is 16.9 Å². The molecule has 2 atom stereocenters. The fourth-order valence-corrected chi connectivity index (χ4v) is 3.67. The first-order chi connectivity index (χ1) is 12.3. The minimum atomic E-state index is -3.27. The van der Waals surface area contributed by atoms with Crippen molar-refractivity contribution in [3.8, 4) is 11.4 Å². The van der Waals surface area contributed by atoms with E-state index in [2.05, 4.69) is 10.1 Å². The molecule has 6 nitrogen and oxygen atoms in total. The Bertz CT molecular complexity index is 911. The molecule has 3 rings (SSSR count). The Hall–Kier alpha value is -2.06. The normalized spacial score (nSPS) is 17.3. The Morgan fingerprint density at radius 3 is 2.42 bits per heavy atom. The van der Waals surface area contributed by atoms with Crippen molar-refractivity contribution < 1.29 is 17.3 Å². The van der Waals surface area contributed by atoms with Gasteiger partial charge in [-0.15, -0.1) is 0 Å². The van der Waals surface area contributed by atoms with E-state index in [0.717, 1.165) is 37.5 Å². The summed E-state index contributed by atoms with van der Waals surface area (Å²) in [4.78, 5) is 4.52. The highest BCUT2D eigenvalue weighted by atomic mass is 32.2. The quantitative estimate of drug-likeness (QED) is 0.855. The van der Waals surface area contributed by atoms with E-state index in [-0.39, 0.29) is 16.6 Å². The third-order valence-electron chi connectivity index (χ3n) is 4.75. The first-order valence-corrected chi connectivity index (χ1v) is 10.4. The van der Waals surface area contributed by atoms with E-state index in [1.807, 2.05) is 0 Å².